The average molecular weight is 241 g/mol. The van der Waals surface area contributed by atoms with Gasteiger partial charge >= 0.3 is 0 Å². The van der Waals surface area contributed by atoms with Gasteiger partial charge < -0.3 is 5.11 Å². The lowest BCUT2D eigenvalue weighted by atomic mass is 9.87. The number of hydrogen-bond acceptors (Lipinski definition) is 3. The molecule has 2 aliphatic heterocycles. The summed E-state index contributed by atoms with van der Waals surface area (Å²) in [5.41, 5.74) is 1.41. The fourth-order valence-corrected chi connectivity index (χ4v) is 3.26. The van der Waals surface area contributed by atoms with Crippen LogP contribution in [-0.4, -0.2) is 28.1 Å². The van der Waals surface area contributed by atoms with E-state index in [4.69, 9.17) is 0 Å². The summed E-state index contributed by atoms with van der Waals surface area (Å²) in [6.07, 6.45) is 8.42. The first-order chi connectivity index (χ1) is 7.31. The molecular weight excluding hydrogens is 224 g/mol. The molecule has 0 aliphatic carbocycles. The third kappa shape index (κ3) is 1.59. The lowest BCUT2D eigenvalue weighted by Crippen LogP contribution is -2.35. The van der Waals surface area contributed by atoms with Gasteiger partial charge in [0, 0.05) is 11.7 Å². The molecule has 1 aromatic heterocycles. The number of aromatic nitrogens is 1. The third-order valence-corrected chi connectivity index (χ3v) is 3.90. The molecule has 0 amide bonds. The third-order valence-electron chi connectivity index (χ3n) is 3.90. The van der Waals surface area contributed by atoms with Gasteiger partial charge in [-0.25, -0.2) is 0 Å². The molecule has 0 radical (unpaired) electrons. The number of halogens is 1. The second-order valence-corrected chi connectivity index (χ2v) is 4.66. The Balaban J connectivity index is 0.000000963. The minimum absolute atomic E-state index is 0. The molecule has 0 atom stereocenters. The molecule has 16 heavy (non-hydrogen) atoms. The Morgan fingerprint density at radius 1 is 1.19 bits per heavy atom. The second kappa shape index (κ2) is 4.22. The van der Waals surface area contributed by atoms with Gasteiger partial charge in [-0.1, -0.05) is 0 Å². The summed E-state index contributed by atoms with van der Waals surface area (Å²) < 4.78 is 0. The van der Waals surface area contributed by atoms with Crippen LogP contribution in [0.25, 0.3) is 0 Å². The molecule has 0 bridgehead atoms. The van der Waals surface area contributed by atoms with Gasteiger partial charge in [0.15, 0.2) is 0 Å². The normalized spacial score (nSPS) is 22.8. The molecule has 1 aromatic rings. The molecule has 2 aliphatic rings. The first-order valence-electron chi connectivity index (χ1n) is 5.71. The minimum atomic E-state index is 0. The highest BCUT2D eigenvalue weighted by atomic mass is 35.5. The predicted octanol–water partition coefficient (Wildman–Crippen LogP) is 2.29. The van der Waals surface area contributed by atoms with Crippen molar-refractivity contribution in [2.24, 2.45) is 0 Å². The Labute approximate surface area is 102 Å². The molecule has 3 nitrogen and oxygen atoms in total. The van der Waals surface area contributed by atoms with E-state index in [0.29, 0.717) is 5.75 Å². The van der Waals surface area contributed by atoms with Crippen LogP contribution < -0.4 is 0 Å². The van der Waals surface area contributed by atoms with Gasteiger partial charge in [0.25, 0.3) is 0 Å². The van der Waals surface area contributed by atoms with Crippen molar-refractivity contribution in [3.05, 3.63) is 24.0 Å². The Hall–Kier alpha value is -0.800. The zero-order valence-corrected chi connectivity index (χ0v) is 10.0. The quantitative estimate of drug-likeness (QED) is 0.818. The van der Waals surface area contributed by atoms with E-state index in [9.17, 15) is 5.11 Å². The molecule has 1 N–H and O–H groups in total. The number of aromatic hydroxyl groups is 1. The van der Waals surface area contributed by atoms with Gasteiger partial charge in [0.2, 0.25) is 0 Å². The van der Waals surface area contributed by atoms with E-state index >= 15 is 0 Å². The van der Waals surface area contributed by atoms with Gasteiger partial charge in [-0.3, -0.25) is 9.88 Å². The van der Waals surface area contributed by atoms with Crippen LogP contribution in [0, 0.1) is 0 Å². The molecular formula is C12H17ClN2O. The fourth-order valence-electron chi connectivity index (χ4n) is 3.26. The highest BCUT2D eigenvalue weighted by molar-refractivity contribution is 5.85. The molecule has 0 unspecified atom stereocenters. The number of hydrogen-bond donors (Lipinski definition) is 1. The van der Waals surface area contributed by atoms with Crippen LogP contribution in [0.15, 0.2) is 18.5 Å². The van der Waals surface area contributed by atoms with Crippen molar-refractivity contribution >= 4 is 12.4 Å². The van der Waals surface area contributed by atoms with Crippen molar-refractivity contribution in [2.45, 2.75) is 31.2 Å². The Kier molecular flexibility index (Phi) is 3.08. The number of rotatable bonds is 1. The van der Waals surface area contributed by atoms with E-state index in [1.165, 1.54) is 50.5 Å². The monoisotopic (exact) mass is 240 g/mol. The maximum absolute atomic E-state index is 9.51. The summed E-state index contributed by atoms with van der Waals surface area (Å²) in [6.45, 7) is 2.41. The lowest BCUT2D eigenvalue weighted by Gasteiger charge is -2.32. The Bertz CT molecular complexity index is 373. The van der Waals surface area contributed by atoms with Crippen LogP contribution in [-0.2, 0) is 5.54 Å². The van der Waals surface area contributed by atoms with Crippen LogP contribution in [0.2, 0.25) is 0 Å². The molecule has 0 saturated carbocycles. The van der Waals surface area contributed by atoms with E-state index < -0.39 is 0 Å². The van der Waals surface area contributed by atoms with Crippen molar-refractivity contribution in [3.63, 3.8) is 0 Å². The molecule has 3 heterocycles. The van der Waals surface area contributed by atoms with Gasteiger partial charge in [0.05, 0.1) is 6.20 Å². The number of pyridine rings is 1. The molecule has 0 aromatic carbocycles. The van der Waals surface area contributed by atoms with Crippen LogP contribution in [0.4, 0.5) is 0 Å². The van der Waals surface area contributed by atoms with Crippen LogP contribution >= 0.6 is 12.4 Å². The van der Waals surface area contributed by atoms with Crippen LogP contribution in [0.3, 0.4) is 0 Å². The van der Waals surface area contributed by atoms with E-state index in [0.717, 1.165) is 0 Å². The van der Waals surface area contributed by atoms with Crippen molar-refractivity contribution in [1.29, 1.82) is 0 Å². The minimum Gasteiger partial charge on any atom is -0.506 e. The van der Waals surface area contributed by atoms with E-state index in [1.54, 1.807) is 0 Å². The zero-order valence-electron chi connectivity index (χ0n) is 9.22. The summed E-state index contributed by atoms with van der Waals surface area (Å²) in [7, 11) is 0. The predicted molar refractivity (Wildman–Crippen MR) is 64.9 cm³/mol. The second-order valence-electron chi connectivity index (χ2n) is 4.66. The Morgan fingerprint density at radius 2 is 1.88 bits per heavy atom. The first-order valence-corrected chi connectivity index (χ1v) is 5.71. The summed E-state index contributed by atoms with van der Waals surface area (Å²) in [4.78, 5) is 6.67. The highest BCUT2D eigenvalue weighted by Crippen LogP contribution is 2.46. The number of fused-ring (bicyclic) bond motifs is 1. The smallest absolute Gasteiger partial charge is 0.134 e. The molecule has 4 heteroatoms. The molecule has 88 valence electrons. The first kappa shape index (κ1) is 11.7. The molecule has 0 spiro atoms. The largest absolute Gasteiger partial charge is 0.506 e. The summed E-state index contributed by atoms with van der Waals surface area (Å²) in [6, 6.07) is 1.89. The standard InChI is InChI=1S/C12H16N2O.ClH/c15-11-7-10(8-13-9-11)12-3-1-5-14(12)6-2-4-12;/h7-9,15H,1-6H2;1H. The van der Waals surface area contributed by atoms with Gasteiger partial charge in [-0.15, -0.1) is 12.4 Å². The van der Waals surface area contributed by atoms with Crippen molar-refractivity contribution in [1.82, 2.24) is 9.88 Å². The maximum Gasteiger partial charge on any atom is 0.134 e. The lowest BCUT2D eigenvalue weighted by molar-refractivity contribution is 0.196. The molecule has 3 rings (SSSR count). The number of nitrogens with zero attached hydrogens (tertiary/aromatic N) is 2. The van der Waals surface area contributed by atoms with E-state index in [2.05, 4.69) is 9.88 Å². The van der Waals surface area contributed by atoms with Gasteiger partial charge in [-0.2, -0.15) is 0 Å². The summed E-state index contributed by atoms with van der Waals surface area (Å²) >= 11 is 0. The maximum atomic E-state index is 9.51. The fraction of sp³-hybridized carbons (Fsp3) is 0.583. The van der Waals surface area contributed by atoms with Gasteiger partial charge in [0.1, 0.15) is 5.75 Å². The van der Waals surface area contributed by atoms with E-state index in [-0.39, 0.29) is 17.9 Å². The average Bonchev–Trinajstić information content (AvgIpc) is 2.75. The van der Waals surface area contributed by atoms with Crippen molar-refractivity contribution in [2.75, 3.05) is 13.1 Å². The SMILES string of the molecule is Cl.Oc1cncc(C23CCCN2CCC3)c1. The van der Waals surface area contributed by atoms with Gasteiger partial charge in [-0.05, 0) is 50.4 Å². The summed E-state index contributed by atoms with van der Waals surface area (Å²) in [5.74, 6) is 0.292. The Morgan fingerprint density at radius 3 is 2.50 bits per heavy atom. The van der Waals surface area contributed by atoms with Crippen LogP contribution in [0.1, 0.15) is 31.2 Å². The van der Waals surface area contributed by atoms with E-state index in [1.807, 2.05) is 12.3 Å². The molecule has 2 saturated heterocycles. The van der Waals surface area contributed by atoms with Crippen LogP contribution in [0.5, 0.6) is 5.75 Å². The summed E-state index contributed by atoms with van der Waals surface area (Å²) in [5, 5.41) is 9.51. The van der Waals surface area contributed by atoms with Crippen molar-refractivity contribution < 1.29 is 5.11 Å². The van der Waals surface area contributed by atoms with Crippen molar-refractivity contribution in [3.8, 4) is 5.75 Å². The topological polar surface area (TPSA) is 36.4 Å². The zero-order chi connectivity index (χ0) is 10.3. The molecule has 2 fully saturated rings. The highest BCUT2D eigenvalue weighted by Gasteiger charge is 2.45.